The van der Waals surface area contributed by atoms with E-state index in [1.165, 1.54) is 5.56 Å². The van der Waals surface area contributed by atoms with E-state index in [2.05, 4.69) is 24.5 Å². The van der Waals surface area contributed by atoms with E-state index in [1.807, 2.05) is 24.3 Å². The third-order valence-electron chi connectivity index (χ3n) is 3.76. The highest BCUT2D eigenvalue weighted by molar-refractivity contribution is 6.30. The Morgan fingerprint density at radius 3 is 2.60 bits per heavy atom. The van der Waals surface area contributed by atoms with Crippen LogP contribution < -0.4 is 10.6 Å². The standard InChI is InChI=1S/C15H21ClN2O.ClH/c1-15(2,12-3-5-13(16)6-4-12)10-18-14(19)11-7-8-17-9-11;/h3-6,11,17H,7-10H2,1-2H3,(H,18,19);1H. The second-order valence-corrected chi connectivity index (χ2v) is 6.23. The molecule has 1 aromatic rings. The summed E-state index contributed by atoms with van der Waals surface area (Å²) in [4.78, 5) is 12.0. The van der Waals surface area contributed by atoms with Crippen LogP contribution in [-0.4, -0.2) is 25.5 Å². The van der Waals surface area contributed by atoms with Crippen LogP contribution in [0.1, 0.15) is 25.8 Å². The van der Waals surface area contributed by atoms with Crippen molar-refractivity contribution in [3.63, 3.8) is 0 Å². The zero-order valence-corrected chi connectivity index (χ0v) is 13.5. The molecule has 112 valence electrons. The number of carbonyl (C=O) groups excluding carboxylic acids is 1. The molecule has 5 heteroatoms. The highest BCUT2D eigenvalue weighted by Gasteiger charge is 2.26. The van der Waals surface area contributed by atoms with Crippen LogP contribution in [0, 0.1) is 5.92 Å². The lowest BCUT2D eigenvalue weighted by molar-refractivity contribution is -0.124. The Bertz CT molecular complexity index is 440. The van der Waals surface area contributed by atoms with Crippen molar-refractivity contribution in [1.29, 1.82) is 0 Å². The maximum atomic E-state index is 12.0. The Morgan fingerprint density at radius 1 is 1.40 bits per heavy atom. The molecule has 0 aromatic heterocycles. The fourth-order valence-corrected chi connectivity index (χ4v) is 2.46. The molecule has 1 amide bonds. The van der Waals surface area contributed by atoms with Crippen molar-refractivity contribution in [2.45, 2.75) is 25.7 Å². The molecule has 2 rings (SSSR count). The average Bonchev–Trinajstić information content (AvgIpc) is 2.90. The molecule has 1 unspecified atom stereocenters. The van der Waals surface area contributed by atoms with Crippen molar-refractivity contribution >= 4 is 29.9 Å². The average molecular weight is 317 g/mol. The quantitative estimate of drug-likeness (QED) is 0.896. The number of benzene rings is 1. The lowest BCUT2D eigenvalue weighted by Gasteiger charge is -2.26. The molecule has 20 heavy (non-hydrogen) atoms. The highest BCUT2D eigenvalue weighted by atomic mass is 35.5. The number of carbonyl (C=O) groups is 1. The second-order valence-electron chi connectivity index (χ2n) is 5.80. The molecule has 1 aliphatic heterocycles. The van der Waals surface area contributed by atoms with Gasteiger partial charge in [0.05, 0.1) is 5.92 Å². The zero-order chi connectivity index (χ0) is 13.9. The van der Waals surface area contributed by atoms with E-state index >= 15 is 0 Å². The zero-order valence-electron chi connectivity index (χ0n) is 11.9. The first-order chi connectivity index (χ1) is 8.99. The van der Waals surface area contributed by atoms with Crippen LogP contribution >= 0.6 is 24.0 Å². The smallest absolute Gasteiger partial charge is 0.224 e. The van der Waals surface area contributed by atoms with Crippen LogP contribution in [0.15, 0.2) is 24.3 Å². The molecule has 1 saturated heterocycles. The summed E-state index contributed by atoms with van der Waals surface area (Å²) in [6, 6.07) is 7.82. The van der Waals surface area contributed by atoms with Crippen molar-refractivity contribution in [3.8, 4) is 0 Å². The van der Waals surface area contributed by atoms with E-state index in [1.54, 1.807) is 0 Å². The second kappa shape index (κ2) is 7.30. The van der Waals surface area contributed by atoms with E-state index in [9.17, 15) is 4.79 Å². The van der Waals surface area contributed by atoms with E-state index in [0.717, 1.165) is 24.5 Å². The molecule has 1 heterocycles. The van der Waals surface area contributed by atoms with Crippen LogP contribution in [0.2, 0.25) is 5.02 Å². The van der Waals surface area contributed by atoms with Gasteiger partial charge in [0, 0.05) is 23.5 Å². The van der Waals surface area contributed by atoms with Crippen LogP contribution in [0.25, 0.3) is 0 Å². The maximum Gasteiger partial charge on any atom is 0.224 e. The van der Waals surface area contributed by atoms with Crippen molar-refractivity contribution < 1.29 is 4.79 Å². The van der Waals surface area contributed by atoms with Gasteiger partial charge in [-0.2, -0.15) is 0 Å². The summed E-state index contributed by atoms with van der Waals surface area (Å²) in [6.07, 6.45) is 0.938. The lowest BCUT2D eigenvalue weighted by atomic mass is 9.84. The summed E-state index contributed by atoms with van der Waals surface area (Å²) >= 11 is 5.90. The highest BCUT2D eigenvalue weighted by Crippen LogP contribution is 2.24. The fourth-order valence-electron chi connectivity index (χ4n) is 2.33. The topological polar surface area (TPSA) is 41.1 Å². The first kappa shape index (κ1) is 17.3. The van der Waals surface area contributed by atoms with Gasteiger partial charge < -0.3 is 10.6 Å². The van der Waals surface area contributed by atoms with Crippen LogP contribution in [0.4, 0.5) is 0 Å². The largest absolute Gasteiger partial charge is 0.355 e. The van der Waals surface area contributed by atoms with Crippen molar-refractivity contribution in [2.75, 3.05) is 19.6 Å². The molecule has 1 aliphatic rings. The maximum absolute atomic E-state index is 12.0. The molecule has 0 aliphatic carbocycles. The SMILES string of the molecule is CC(C)(CNC(=O)C1CCNC1)c1ccc(Cl)cc1.Cl. The molecule has 3 nitrogen and oxygen atoms in total. The van der Waals surface area contributed by atoms with Crippen LogP contribution in [-0.2, 0) is 10.2 Å². The first-order valence-electron chi connectivity index (χ1n) is 6.73. The lowest BCUT2D eigenvalue weighted by Crippen LogP contribution is -2.40. The number of rotatable bonds is 4. The normalized spacial score (nSPS) is 18.4. The Balaban J connectivity index is 0.00000200. The van der Waals surface area contributed by atoms with Gasteiger partial charge in [0.15, 0.2) is 0 Å². The molecular formula is C15H22Cl2N2O. The molecule has 0 bridgehead atoms. The van der Waals surface area contributed by atoms with Gasteiger partial charge in [-0.25, -0.2) is 0 Å². The summed E-state index contributed by atoms with van der Waals surface area (Å²) in [7, 11) is 0. The van der Waals surface area contributed by atoms with Gasteiger partial charge >= 0.3 is 0 Å². The predicted octanol–water partition coefficient (Wildman–Crippen LogP) is 2.77. The summed E-state index contributed by atoms with van der Waals surface area (Å²) in [6.45, 7) is 6.64. The van der Waals surface area contributed by atoms with E-state index in [0.29, 0.717) is 6.54 Å². The molecule has 0 spiro atoms. The molecule has 1 fully saturated rings. The van der Waals surface area contributed by atoms with Crippen molar-refractivity contribution in [1.82, 2.24) is 10.6 Å². The third kappa shape index (κ3) is 4.37. The summed E-state index contributed by atoms with van der Waals surface area (Å²) in [5.41, 5.74) is 1.09. The van der Waals surface area contributed by atoms with Gasteiger partial charge in [0.2, 0.25) is 5.91 Å². The number of halogens is 2. The number of nitrogens with one attached hydrogen (secondary N) is 2. The Hall–Kier alpha value is -0.770. The number of hydrogen-bond donors (Lipinski definition) is 2. The minimum absolute atomic E-state index is 0. The predicted molar refractivity (Wildman–Crippen MR) is 85.7 cm³/mol. The molecular weight excluding hydrogens is 295 g/mol. The van der Waals surface area contributed by atoms with Crippen molar-refractivity contribution in [3.05, 3.63) is 34.9 Å². The molecule has 2 N–H and O–H groups in total. The molecule has 1 atom stereocenters. The van der Waals surface area contributed by atoms with Crippen LogP contribution in [0.5, 0.6) is 0 Å². The van der Waals surface area contributed by atoms with E-state index in [4.69, 9.17) is 11.6 Å². The van der Waals surface area contributed by atoms with Gasteiger partial charge in [-0.1, -0.05) is 37.6 Å². The Morgan fingerprint density at radius 2 is 2.05 bits per heavy atom. The Labute approximate surface area is 131 Å². The Kier molecular flexibility index (Phi) is 6.31. The summed E-state index contributed by atoms with van der Waals surface area (Å²) in [5, 5.41) is 7.02. The minimum atomic E-state index is -0.0910. The monoisotopic (exact) mass is 316 g/mol. The summed E-state index contributed by atoms with van der Waals surface area (Å²) in [5.74, 6) is 0.285. The molecule has 0 radical (unpaired) electrons. The molecule has 1 aromatic carbocycles. The van der Waals surface area contributed by atoms with E-state index in [-0.39, 0.29) is 29.6 Å². The van der Waals surface area contributed by atoms with E-state index < -0.39 is 0 Å². The molecule has 0 saturated carbocycles. The van der Waals surface area contributed by atoms with Crippen LogP contribution in [0.3, 0.4) is 0 Å². The minimum Gasteiger partial charge on any atom is -0.355 e. The number of amides is 1. The van der Waals surface area contributed by atoms with Gasteiger partial charge in [-0.15, -0.1) is 12.4 Å². The number of hydrogen-bond acceptors (Lipinski definition) is 2. The van der Waals surface area contributed by atoms with Gasteiger partial charge in [0.1, 0.15) is 0 Å². The third-order valence-corrected chi connectivity index (χ3v) is 4.01. The van der Waals surface area contributed by atoms with Gasteiger partial charge in [0.25, 0.3) is 0 Å². The summed E-state index contributed by atoms with van der Waals surface area (Å²) < 4.78 is 0. The first-order valence-corrected chi connectivity index (χ1v) is 7.11. The van der Waals surface area contributed by atoms with Gasteiger partial charge in [-0.05, 0) is 30.7 Å². The van der Waals surface area contributed by atoms with Gasteiger partial charge in [-0.3, -0.25) is 4.79 Å². The van der Waals surface area contributed by atoms with Crippen molar-refractivity contribution in [2.24, 2.45) is 5.92 Å². The fraction of sp³-hybridized carbons (Fsp3) is 0.533.